The lowest BCUT2D eigenvalue weighted by atomic mass is 10.2. The molecule has 0 aromatic rings. The summed E-state index contributed by atoms with van der Waals surface area (Å²) in [6, 6.07) is 0. The minimum atomic E-state index is -0.564. The highest BCUT2D eigenvalue weighted by Gasteiger charge is 2.15. The average molecular weight is 289 g/mol. The Hall–Kier alpha value is -1.99. The van der Waals surface area contributed by atoms with Crippen LogP contribution in [-0.4, -0.2) is 50.4 Å². The van der Waals surface area contributed by atoms with Gasteiger partial charge < -0.3 is 25.4 Å². The van der Waals surface area contributed by atoms with Crippen LogP contribution in [0.1, 0.15) is 27.2 Å². The number of nitrogens with one attached hydrogen (secondary N) is 3. The predicted octanol–water partition coefficient (Wildman–Crippen LogP) is 0.373. The number of carbonyl (C=O) groups is 3. The van der Waals surface area contributed by atoms with Gasteiger partial charge in [-0.15, -0.1) is 0 Å². The molecule has 0 aromatic heterocycles. The number of alkyl carbamates (subject to hydrolysis) is 2. The Balaban J connectivity index is 3.59. The zero-order chi connectivity index (χ0) is 15.6. The smallest absolute Gasteiger partial charge is 0.407 e. The van der Waals surface area contributed by atoms with E-state index in [4.69, 9.17) is 4.74 Å². The molecule has 0 bridgehead atoms. The number of amides is 3. The van der Waals surface area contributed by atoms with Gasteiger partial charge in [0.1, 0.15) is 5.60 Å². The van der Waals surface area contributed by atoms with Gasteiger partial charge in [-0.05, 0) is 20.8 Å². The lowest BCUT2D eigenvalue weighted by Gasteiger charge is -2.19. The van der Waals surface area contributed by atoms with Crippen LogP contribution in [0, 0.1) is 0 Å². The first-order valence-electron chi connectivity index (χ1n) is 6.30. The van der Waals surface area contributed by atoms with Gasteiger partial charge in [0.2, 0.25) is 5.91 Å². The summed E-state index contributed by atoms with van der Waals surface area (Å²) in [6.07, 6.45) is -0.971. The molecule has 0 aliphatic rings. The minimum absolute atomic E-state index is 0.136. The molecule has 0 radical (unpaired) electrons. The molecule has 0 saturated carbocycles. The van der Waals surface area contributed by atoms with Crippen molar-refractivity contribution in [2.24, 2.45) is 0 Å². The highest BCUT2D eigenvalue weighted by atomic mass is 16.6. The summed E-state index contributed by atoms with van der Waals surface area (Å²) in [5, 5.41) is 7.48. The largest absolute Gasteiger partial charge is 0.453 e. The average Bonchev–Trinajstić information content (AvgIpc) is 2.32. The SMILES string of the molecule is COC(=O)NCCNC(=O)CCNC(=O)OC(C)(C)C. The summed E-state index contributed by atoms with van der Waals surface area (Å²) < 4.78 is 9.38. The molecule has 0 aliphatic heterocycles. The molecule has 0 spiro atoms. The van der Waals surface area contributed by atoms with Gasteiger partial charge in [-0.3, -0.25) is 4.79 Å². The van der Waals surface area contributed by atoms with Crippen molar-refractivity contribution in [2.75, 3.05) is 26.7 Å². The van der Waals surface area contributed by atoms with Crippen molar-refractivity contribution in [1.82, 2.24) is 16.0 Å². The first-order valence-corrected chi connectivity index (χ1v) is 6.30. The number of hydrogen-bond donors (Lipinski definition) is 3. The topological polar surface area (TPSA) is 106 Å². The van der Waals surface area contributed by atoms with Crippen molar-refractivity contribution in [2.45, 2.75) is 32.8 Å². The van der Waals surface area contributed by atoms with Crippen LogP contribution < -0.4 is 16.0 Å². The summed E-state index contributed by atoms with van der Waals surface area (Å²) >= 11 is 0. The van der Waals surface area contributed by atoms with Gasteiger partial charge in [-0.2, -0.15) is 0 Å². The van der Waals surface area contributed by atoms with Crippen molar-refractivity contribution < 1.29 is 23.9 Å². The van der Waals surface area contributed by atoms with E-state index in [0.717, 1.165) is 0 Å². The van der Waals surface area contributed by atoms with Gasteiger partial charge in [0, 0.05) is 26.1 Å². The zero-order valence-corrected chi connectivity index (χ0v) is 12.4. The summed E-state index contributed by atoms with van der Waals surface area (Å²) in [7, 11) is 1.26. The maximum Gasteiger partial charge on any atom is 0.407 e. The van der Waals surface area contributed by atoms with Gasteiger partial charge in [0.15, 0.2) is 0 Å². The number of methoxy groups -OCH3 is 1. The summed E-state index contributed by atoms with van der Waals surface area (Å²) in [5.41, 5.74) is -0.564. The van der Waals surface area contributed by atoms with Crippen LogP contribution in [0.3, 0.4) is 0 Å². The summed E-state index contributed by atoms with van der Waals surface area (Å²) in [4.78, 5) is 33.4. The molecular formula is C12H23N3O5. The van der Waals surface area contributed by atoms with Gasteiger partial charge in [0.25, 0.3) is 0 Å². The standard InChI is InChI=1S/C12H23N3O5/c1-12(2,3)20-11(18)14-6-5-9(16)13-7-8-15-10(17)19-4/h5-8H2,1-4H3,(H,13,16)(H,14,18)(H,15,17). The van der Waals surface area contributed by atoms with E-state index < -0.39 is 17.8 Å². The van der Waals surface area contributed by atoms with Crippen LogP contribution in [0.5, 0.6) is 0 Å². The number of hydrogen-bond acceptors (Lipinski definition) is 5. The molecule has 20 heavy (non-hydrogen) atoms. The van der Waals surface area contributed by atoms with E-state index in [2.05, 4.69) is 20.7 Å². The fraction of sp³-hybridized carbons (Fsp3) is 0.750. The van der Waals surface area contributed by atoms with Crippen molar-refractivity contribution >= 4 is 18.1 Å². The molecule has 8 heteroatoms. The van der Waals surface area contributed by atoms with Crippen molar-refractivity contribution in [3.8, 4) is 0 Å². The summed E-state index contributed by atoms with van der Waals surface area (Å²) in [6.45, 7) is 6.03. The predicted molar refractivity (Wildman–Crippen MR) is 72.3 cm³/mol. The third kappa shape index (κ3) is 11.1. The van der Waals surface area contributed by atoms with E-state index in [1.54, 1.807) is 20.8 Å². The second-order valence-corrected chi connectivity index (χ2v) is 4.95. The van der Waals surface area contributed by atoms with E-state index in [1.807, 2.05) is 0 Å². The Morgan fingerprint density at radius 3 is 2.00 bits per heavy atom. The summed E-state index contributed by atoms with van der Waals surface area (Å²) in [5.74, 6) is -0.229. The zero-order valence-electron chi connectivity index (χ0n) is 12.4. The van der Waals surface area contributed by atoms with E-state index in [9.17, 15) is 14.4 Å². The lowest BCUT2D eigenvalue weighted by molar-refractivity contribution is -0.120. The third-order valence-electron chi connectivity index (χ3n) is 1.92. The molecule has 0 rings (SSSR count). The maximum atomic E-state index is 11.4. The Morgan fingerprint density at radius 1 is 0.900 bits per heavy atom. The lowest BCUT2D eigenvalue weighted by Crippen LogP contribution is -2.37. The molecule has 0 unspecified atom stereocenters. The molecule has 8 nitrogen and oxygen atoms in total. The first-order chi connectivity index (χ1) is 9.24. The molecule has 0 aromatic carbocycles. The van der Waals surface area contributed by atoms with Crippen molar-refractivity contribution in [1.29, 1.82) is 0 Å². The fourth-order valence-corrected chi connectivity index (χ4v) is 1.12. The van der Waals surface area contributed by atoms with Crippen LogP contribution in [0.15, 0.2) is 0 Å². The first kappa shape index (κ1) is 18.0. The molecule has 3 amide bonds. The van der Waals surface area contributed by atoms with Gasteiger partial charge in [-0.1, -0.05) is 0 Å². The van der Waals surface area contributed by atoms with Crippen molar-refractivity contribution in [3.63, 3.8) is 0 Å². The van der Waals surface area contributed by atoms with Gasteiger partial charge in [0.05, 0.1) is 7.11 Å². The van der Waals surface area contributed by atoms with E-state index in [-0.39, 0.29) is 25.4 Å². The fourth-order valence-electron chi connectivity index (χ4n) is 1.12. The van der Waals surface area contributed by atoms with Gasteiger partial charge >= 0.3 is 12.2 Å². The van der Waals surface area contributed by atoms with E-state index in [0.29, 0.717) is 6.54 Å². The van der Waals surface area contributed by atoms with Crippen LogP contribution in [0.25, 0.3) is 0 Å². The molecule has 3 N–H and O–H groups in total. The van der Waals surface area contributed by atoms with Crippen LogP contribution in [0.4, 0.5) is 9.59 Å². The maximum absolute atomic E-state index is 11.4. The molecule has 0 saturated heterocycles. The second-order valence-electron chi connectivity index (χ2n) is 4.95. The van der Waals surface area contributed by atoms with E-state index >= 15 is 0 Å². The Kier molecular flexibility index (Phi) is 8.10. The Bertz CT molecular complexity index is 338. The second kappa shape index (κ2) is 9.00. The Morgan fingerprint density at radius 2 is 1.45 bits per heavy atom. The van der Waals surface area contributed by atoms with Crippen LogP contribution in [-0.2, 0) is 14.3 Å². The molecule has 116 valence electrons. The molecule has 0 atom stereocenters. The monoisotopic (exact) mass is 289 g/mol. The highest BCUT2D eigenvalue weighted by Crippen LogP contribution is 2.06. The minimum Gasteiger partial charge on any atom is -0.453 e. The molecular weight excluding hydrogens is 266 g/mol. The van der Waals surface area contributed by atoms with Crippen LogP contribution >= 0.6 is 0 Å². The number of carbonyl (C=O) groups excluding carboxylic acids is 3. The molecule has 0 heterocycles. The normalized spacial score (nSPS) is 10.4. The van der Waals surface area contributed by atoms with Gasteiger partial charge in [-0.25, -0.2) is 9.59 Å². The van der Waals surface area contributed by atoms with E-state index in [1.165, 1.54) is 7.11 Å². The molecule has 0 aliphatic carbocycles. The quantitative estimate of drug-likeness (QED) is 0.613. The van der Waals surface area contributed by atoms with Crippen LogP contribution in [0.2, 0.25) is 0 Å². The number of rotatable bonds is 6. The highest BCUT2D eigenvalue weighted by molar-refractivity contribution is 5.77. The number of ether oxygens (including phenoxy) is 2. The molecule has 0 fully saturated rings. The van der Waals surface area contributed by atoms with Crippen molar-refractivity contribution in [3.05, 3.63) is 0 Å². The third-order valence-corrected chi connectivity index (χ3v) is 1.92. The Labute approximate surface area is 118 Å².